The Bertz CT molecular complexity index is 256. The third-order valence-electron chi connectivity index (χ3n) is 4.11. The molecule has 1 saturated carbocycles. The second-order valence-electron chi connectivity index (χ2n) is 5.63. The summed E-state index contributed by atoms with van der Waals surface area (Å²) in [6.45, 7) is 2.35. The van der Waals surface area contributed by atoms with Crippen molar-refractivity contribution in [3.05, 3.63) is 0 Å². The van der Waals surface area contributed by atoms with Crippen LogP contribution in [0.2, 0.25) is 0 Å². The molecule has 3 nitrogen and oxygen atoms in total. The van der Waals surface area contributed by atoms with Gasteiger partial charge in [-0.15, -0.1) is 0 Å². The summed E-state index contributed by atoms with van der Waals surface area (Å²) in [5.41, 5.74) is 0.397. The number of carbonyl (C=O) groups is 1. The number of carbonyl (C=O) groups excluding carboxylic acids is 1. The molecule has 2 rings (SSSR count). The van der Waals surface area contributed by atoms with Crippen LogP contribution in [0.25, 0.3) is 0 Å². The van der Waals surface area contributed by atoms with Crippen molar-refractivity contribution in [2.45, 2.75) is 58.2 Å². The number of hydrogen-bond acceptors (Lipinski definition) is 3. The Morgan fingerprint density at radius 3 is 2.69 bits per heavy atom. The van der Waals surface area contributed by atoms with E-state index in [0.717, 1.165) is 6.42 Å². The average Bonchev–Trinajstić information content (AvgIpc) is 2.59. The largest absolute Gasteiger partial charge is 0.435 e. The summed E-state index contributed by atoms with van der Waals surface area (Å²) in [4.78, 5) is 11.3. The highest BCUT2D eigenvalue weighted by Gasteiger charge is 2.40. The Labute approximate surface area is 97.5 Å². The number of hydrogen-bond donors (Lipinski definition) is 0. The van der Waals surface area contributed by atoms with E-state index in [1.165, 1.54) is 32.1 Å². The highest BCUT2D eigenvalue weighted by atomic mass is 16.7. The van der Waals surface area contributed by atoms with Gasteiger partial charge >= 0.3 is 5.97 Å². The fourth-order valence-electron chi connectivity index (χ4n) is 3.24. The molecular weight excluding hydrogens is 204 g/mol. The molecule has 1 aliphatic heterocycles. The van der Waals surface area contributed by atoms with E-state index < -0.39 is 0 Å². The first-order chi connectivity index (χ1) is 7.63. The third kappa shape index (κ3) is 2.57. The molecular formula is C13H22O3. The molecule has 16 heavy (non-hydrogen) atoms. The summed E-state index contributed by atoms with van der Waals surface area (Å²) in [6.07, 6.45) is 7.90. The van der Waals surface area contributed by atoms with Crippen LogP contribution < -0.4 is 0 Å². The monoisotopic (exact) mass is 226 g/mol. The van der Waals surface area contributed by atoms with Crippen LogP contribution in [0.5, 0.6) is 0 Å². The number of methoxy groups -OCH3 is 1. The molecule has 1 heterocycles. The lowest BCUT2D eigenvalue weighted by atomic mass is 9.70. The Morgan fingerprint density at radius 2 is 2.06 bits per heavy atom. The quantitative estimate of drug-likeness (QED) is 0.694. The van der Waals surface area contributed by atoms with E-state index in [1.807, 2.05) is 0 Å². The van der Waals surface area contributed by atoms with Gasteiger partial charge in [0.2, 0.25) is 6.29 Å². The highest BCUT2D eigenvalue weighted by molar-refractivity contribution is 5.71. The minimum atomic E-state index is -0.300. The summed E-state index contributed by atoms with van der Waals surface area (Å²) in [6, 6.07) is 0. The Morgan fingerprint density at radius 1 is 1.38 bits per heavy atom. The predicted molar refractivity (Wildman–Crippen MR) is 60.8 cm³/mol. The number of esters is 1. The lowest BCUT2D eigenvalue weighted by Crippen LogP contribution is -2.28. The van der Waals surface area contributed by atoms with Crippen LogP contribution in [0.15, 0.2) is 0 Å². The summed E-state index contributed by atoms with van der Waals surface area (Å²) < 4.78 is 10.4. The summed E-state index contributed by atoms with van der Waals surface area (Å²) >= 11 is 0. The predicted octanol–water partition coefficient (Wildman–Crippen LogP) is 2.88. The Balaban J connectivity index is 1.94. The fourth-order valence-corrected chi connectivity index (χ4v) is 3.24. The molecule has 1 saturated heterocycles. The molecule has 0 radical (unpaired) electrons. The Kier molecular flexibility index (Phi) is 3.53. The molecule has 2 unspecified atom stereocenters. The summed E-state index contributed by atoms with van der Waals surface area (Å²) in [5.74, 6) is 0.164. The SMILES string of the molecule is COC1OC(=O)CC1CC1(C)CCCCC1. The first-order valence-corrected chi connectivity index (χ1v) is 6.35. The molecule has 1 aliphatic carbocycles. The van der Waals surface area contributed by atoms with Gasteiger partial charge in [0.15, 0.2) is 0 Å². The zero-order valence-corrected chi connectivity index (χ0v) is 10.3. The van der Waals surface area contributed by atoms with Crippen molar-refractivity contribution in [3.63, 3.8) is 0 Å². The molecule has 0 bridgehead atoms. The van der Waals surface area contributed by atoms with Crippen LogP contribution in [0.3, 0.4) is 0 Å². The van der Waals surface area contributed by atoms with E-state index in [4.69, 9.17) is 9.47 Å². The van der Waals surface area contributed by atoms with Gasteiger partial charge in [0.05, 0.1) is 6.42 Å². The van der Waals surface area contributed by atoms with Crippen LogP contribution in [-0.4, -0.2) is 19.4 Å². The molecule has 0 N–H and O–H groups in total. The van der Waals surface area contributed by atoms with Crippen molar-refractivity contribution in [2.24, 2.45) is 11.3 Å². The van der Waals surface area contributed by atoms with Crippen molar-refractivity contribution in [1.29, 1.82) is 0 Å². The second-order valence-corrected chi connectivity index (χ2v) is 5.63. The smallest absolute Gasteiger partial charge is 0.308 e. The maximum Gasteiger partial charge on any atom is 0.308 e. The molecule has 3 heteroatoms. The fraction of sp³-hybridized carbons (Fsp3) is 0.923. The van der Waals surface area contributed by atoms with Crippen LogP contribution in [0.4, 0.5) is 0 Å². The minimum Gasteiger partial charge on any atom is -0.435 e. The number of ether oxygens (including phenoxy) is 2. The first kappa shape index (κ1) is 11.9. The van der Waals surface area contributed by atoms with Gasteiger partial charge < -0.3 is 9.47 Å². The maximum atomic E-state index is 11.3. The van der Waals surface area contributed by atoms with E-state index in [9.17, 15) is 4.79 Å². The molecule has 2 aliphatic rings. The van der Waals surface area contributed by atoms with Gasteiger partial charge in [-0.2, -0.15) is 0 Å². The van der Waals surface area contributed by atoms with E-state index in [0.29, 0.717) is 11.8 Å². The van der Waals surface area contributed by atoms with E-state index >= 15 is 0 Å². The molecule has 0 aromatic rings. The molecule has 92 valence electrons. The normalized spacial score (nSPS) is 33.8. The second kappa shape index (κ2) is 4.74. The average molecular weight is 226 g/mol. The lowest BCUT2D eigenvalue weighted by molar-refractivity contribution is -0.162. The lowest BCUT2D eigenvalue weighted by Gasteiger charge is -2.36. The van der Waals surface area contributed by atoms with Crippen LogP contribution in [0.1, 0.15) is 51.9 Å². The molecule has 0 aromatic carbocycles. The van der Waals surface area contributed by atoms with Crippen molar-refractivity contribution < 1.29 is 14.3 Å². The van der Waals surface area contributed by atoms with Crippen molar-refractivity contribution in [1.82, 2.24) is 0 Å². The zero-order chi connectivity index (χ0) is 11.6. The number of cyclic esters (lactones) is 1. The van der Waals surface area contributed by atoms with Gasteiger partial charge in [-0.3, -0.25) is 4.79 Å². The third-order valence-corrected chi connectivity index (χ3v) is 4.11. The first-order valence-electron chi connectivity index (χ1n) is 6.35. The van der Waals surface area contributed by atoms with E-state index in [2.05, 4.69) is 6.92 Å². The van der Waals surface area contributed by atoms with Gasteiger partial charge in [0, 0.05) is 13.0 Å². The number of rotatable bonds is 3. The minimum absolute atomic E-state index is 0.101. The molecule has 0 amide bonds. The molecule has 2 atom stereocenters. The van der Waals surface area contributed by atoms with Crippen molar-refractivity contribution in [2.75, 3.05) is 7.11 Å². The molecule has 0 spiro atoms. The van der Waals surface area contributed by atoms with Gasteiger partial charge in [-0.1, -0.05) is 26.2 Å². The highest BCUT2D eigenvalue weighted by Crippen LogP contribution is 2.43. The Hall–Kier alpha value is -0.570. The van der Waals surface area contributed by atoms with Crippen LogP contribution >= 0.6 is 0 Å². The van der Waals surface area contributed by atoms with Crippen LogP contribution in [0, 0.1) is 11.3 Å². The molecule has 2 fully saturated rings. The van der Waals surface area contributed by atoms with Crippen molar-refractivity contribution in [3.8, 4) is 0 Å². The zero-order valence-electron chi connectivity index (χ0n) is 10.3. The topological polar surface area (TPSA) is 35.5 Å². The summed E-state index contributed by atoms with van der Waals surface area (Å²) in [5, 5.41) is 0. The van der Waals surface area contributed by atoms with Crippen molar-refractivity contribution >= 4 is 5.97 Å². The van der Waals surface area contributed by atoms with E-state index in [-0.39, 0.29) is 18.2 Å². The van der Waals surface area contributed by atoms with Gasteiger partial charge in [0.1, 0.15) is 0 Å². The maximum absolute atomic E-state index is 11.3. The van der Waals surface area contributed by atoms with Gasteiger partial charge in [-0.25, -0.2) is 0 Å². The van der Waals surface area contributed by atoms with Crippen LogP contribution in [-0.2, 0) is 14.3 Å². The van der Waals surface area contributed by atoms with E-state index in [1.54, 1.807) is 7.11 Å². The van der Waals surface area contributed by atoms with Gasteiger partial charge in [0.25, 0.3) is 0 Å². The summed E-state index contributed by atoms with van der Waals surface area (Å²) in [7, 11) is 1.62. The van der Waals surface area contributed by atoms with Gasteiger partial charge in [-0.05, 0) is 24.7 Å². The standard InChI is InChI=1S/C13H22O3/c1-13(6-4-3-5-7-13)9-10-8-11(14)16-12(10)15-2/h10,12H,3-9H2,1-2H3. The molecule has 0 aromatic heterocycles.